The predicted molar refractivity (Wildman–Crippen MR) is 89.9 cm³/mol. The van der Waals surface area contributed by atoms with Gasteiger partial charge in [0.15, 0.2) is 0 Å². The molecule has 1 atom stereocenters. The number of benzene rings is 1. The van der Waals surface area contributed by atoms with Gasteiger partial charge in [-0.1, -0.05) is 0 Å². The smallest absolute Gasteiger partial charge is 0.302 e. The first-order valence-electron chi connectivity index (χ1n) is 5.66. The predicted octanol–water partition coefficient (Wildman–Crippen LogP) is 3.41. The number of carbonyl (C=O) groups is 1. The van der Waals surface area contributed by atoms with E-state index in [0.717, 1.165) is 24.2 Å². The van der Waals surface area contributed by atoms with Crippen LogP contribution in [0.1, 0.15) is 19.4 Å². The molecule has 0 N–H and O–H groups in total. The topological polar surface area (TPSA) is 44.8 Å². The Hall–Kier alpha value is -0.250. The van der Waals surface area contributed by atoms with E-state index < -0.39 is 0 Å². The number of halogens is 2. The van der Waals surface area contributed by atoms with Gasteiger partial charge in [0, 0.05) is 19.4 Å². The number of rotatable bonds is 5. The van der Waals surface area contributed by atoms with Crippen LogP contribution >= 0.6 is 45.2 Å². The third-order valence-electron chi connectivity index (χ3n) is 2.52. The summed E-state index contributed by atoms with van der Waals surface area (Å²) in [6.07, 6.45) is 0.445. The molecule has 0 aliphatic rings. The van der Waals surface area contributed by atoms with E-state index in [1.54, 1.807) is 14.2 Å². The molecule has 0 aromatic heterocycles. The minimum absolute atomic E-state index is 0.184. The molecular weight excluding hydrogens is 474 g/mol. The normalized spacial score (nSPS) is 11.9. The summed E-state index contributed by atoms with van der Waals surface area (Å²) in [5, 5.41) is 0. The molecule has 0 aliphatic carbocycles. The van der Waals surface area contributed by atoms with E-state index in [4.69, 9.17) is 14.2 Å². The maximum absolute atomic E-state index is 11.0. The summed E-state index contributed by atoms with van der Waals surface area (Å²) >= 11 is 4.48. The van der Waals surface area contributed by atoms with Crippen molar-refractivity contribution in [3.8, 4) is 11.5 Å². The van der Waals surface area contributed by atoms with Gasteiger partial charge >= 0.3 is 5.97 Å². The summed E-state index contributed by atoms with van der Waals surface area (Å²) in [5.74, 6) is 1.26. The first-order chi connectivity index (χ1) is 8.90. The van der Waals surface area contributed by atoms with Crippen LogP contribution in [0.25, 0.3) is 0 Å². The van der Waals surface area contributed by atoms with Gasteiger partial charge in [0.25, 0.3) is 0 Å². The fourth-order valence-electron chi connectivity index (χ4n) is 1.73. The molecule has 0 amide bonds. The van der Waals surface area contributed by atoms with Crippen LogP contribution < -0.4 is 9.47 Å². The van der Waals surface area contributed by atoms with Crippen LogP contribution in [0, 0.1) is 7.14 Å². The maximum Gasteiger partial charge on any atom is 0.302 e. The van der Waals surface area contributed by atoms with Crippen LogP contribution in [0.4, 0.5) is 0 Å². The lowest BCUT2D eigenvalue weighted by molar-refractivity contribution is -0.145. The van der Waals surface area contributed by atoms with Crippen LogP contribution in [0.15, 0.2) is 6.07 Å². The van der Waals surface area contributed by atoms with E-state index in [-0.39, 0.29) is 12.1 Å². The third-order valence-corrected chi connectivity index (χ3v) is 4.89. The van der Waals surface area contributed by atoms with Gasteiger partial charge in [0.05, 0.1) is 21.4 Å². The molecule has 1 aromatic carbocycles. The molecule has 6 heteroatoms. The highest BCUT2D eigenvalue weighted by Gasteiger charge is 2.19. The number of hydrogen-bond acceptors (Lipinski definition) is 4. The molecule has 0 fully saturated rings. The van der Waals surface area contributed by atoms with Crippen LogP contribution in [0.3, 0.4) is 0 Å². The number of hydrogen-bond donors (Lipinski definition) is 0. The van der Waals surface area contributed by atoms with Crippen molar-refractivity contribution in [2.45, 2.75) is 26.4 Å². The molecule has 19 heavy (non-hydrogen) atoms. The first-order valence-corrected chi connectivity index (χ1v) is 7.82. The van der Waals surface area contributed by atoms with Crippen molar-refractivity contribution in [2.24, 2.45) is 0 Å². The number of ether oxygens (including phenoxy) is 3. The monoisotopic (exact) mass is 490 g/mol. The lowest BCUT2D eigenvalue weighted by Gasteiger charge is -2.18. The standard InChI is InChI=1S/C13H16I2O4/c1-7(19-8(2)16)5-9-12(14)10(17-3)6-11(18-4)13(9)15/h6-7H,5H2,1-4H3/t7-/m0/s1. The second-order valence-corrected chi connectivity index (χ2v) is 6.17. The van der Waals surface area contributed by atoms with Gasteiger partial charge in [-0.25, -0.2) is 0 Å². The Kier molecular flexibility index (Phi) is 6.64. The van der Waals surface area contributed by atoms with Crippen molar-refractivity contribution in [1.82, 2.24) is 0 Å². The van der Waals surface area contributed by atoms with Crippen LogP contribution in [0.5, 0.6) is 11.5 Å². The highest BCUT2D eigenvalue weighted by atomic mass is 127. The summed E-state index contributed by atoms with van der Waals surface area (Å²) in [5.41, 5.74) is 1.08. The molecule has 0 bridgehead atoms. The van der Waals surface area contributed by atoms with Crippen LogP contribution in [-0.4, -0.2) is 26.3 Å². The molecule has 0 unspecified atom stereocenters. The first kappa shape index (κ1) is 16.8. The number of methoxy groups -OCH3 is 2. The zero-order valence-corrected chi connectivity index (χ0v) is 15.6. The fourth-order valence-corrected chi connectivity index (χ4v) is 3.98. The van der Waals surface area contributed by atoms with Crippen LogP contribution in [-0.2, 0) is 16.0 Å². The van der Waals surface area contributed by atoms with E-state index in [1.807, 2.05) is 13.0 Å². The second-order valence-electron chi connectivity index (χ2n) is 4.01. The van der Waals surface area contributed by atoms with Crippen molar-refractivity contribution in [2.75, 3.05) is 14.2 Å². The number of carbonyl (C=O) groups excluding carboxylic acids is 1. The summed E-state index contributed by atoms with van der Waals surface area (Å²) in [6.45, 7) is 3.29. The van der Waals surface area contributed by atoms with Crippen molar-refractivity contribution >= 4 is 51.2 Å². The van der Waals surface area contributed by atoms with Gasteiger partial charge < -0.3 is 14.2 Å². The van der Waals surface area contributed by atoms with Crippen LogP contribution in [0.2, 0.25) is 0 Å². The fraction of sp³-hybridized carbons (Fsp3) is 0.462. The molecule has 0 saturated heterocycles. The van der Waals surface area contributed by atoms with Gasteiger partial charge in [-0.2, -0.15) is 0 Å². The summed E-state index contributed by atoms with van der Waals surface area (Å²) in [7, 11) is 3.26. The Bertz CT molecular complexity index is 446. The van der Waals surface area contributed by atoms with Crippen molar-refractivity contribution in [3.63, 3.8) is 0 Å². The van der Waals surface area contributed by atoms with E-state index in [9.17, 15) is 4.79 Å². The average Bonchev–Trinajstić information content (AvgIpc) is 2.34. The molecule has 0 radical (unpaired) electrons. The largest absolute Gasteiger partial charge is 0.495 e. The van der Waals surface area contributed by atoms with Gasteiger partial charge in [0.1, 0.15) is 17.6 Å². The number of esters is 1. The zero-order chi connectivity index (χ0) is 14.6. The Labute approximate surface area is 140 Å². The lowest BCUT2D eigenvalue weighted by atomic mass is 10.1. The molecule has 0 spiro atoms. The minimum atomic E-state index is -0.271. The Morgan fingerprint density at radius 1 is 1.21 bits per heavy atom. The maximum atomic E-state index is 11.0. The Morgan fingerprint density at radius 3 is 2.05 bits per heavy atom. The van der Waals surface area contributed by atoms with E-state index in [0.29, 0.717) is 6.42 Å². The molecule has 1 rings (SSSR count). The Morgan fingerprint density at radius 2 is 1.68 bits per heavy atom. The van der Waals surface area contributed by atoms with Gasteiger partial charge in [0.2, 0.25) is 0 Å². The molecule has 0 aliphatic heterocycles. The van der Waals surface area contributed by atoms with Gasteiger partial charge in [-0.3, -0.25) is 4.79 Å². The van der Waals surface area contributed by atoms with E-state index in [2.05, 4.69) is 45.2 Å². The molecule has 0 saturated carbocycles. The SMILES string of the molecule is COc1cc(OC)c(I)c(C[C@H](C)OC(C)=O)c1I. The van der Waals surface area contributed by atoms with Gasteiger partial charge in [-0.15, -0.1) is 0 Å². The van der Waals surface area contributed by atoms with E-state index in [1.165, 1.54) is 6.92 Å². The summed E-state index contributed by atoms with van der Waals surface area (Å²) < 4.78 is 17.9. The molecule has 0 heterocycles. The minimum Gasteiger partial charge on any atom is -0.495 e. The molecule has 106 valence electrons. The third kappa shape index (κ3) is 4.37. The van der Waals surface area contributed by atoms with E-state index >= 15 is 0 Å². The second kappa shape index (κ2) is 7.51. The van der Waals surface area contributed by atoms with Crippen molar-refractivity contribution < 1.29 is 19.0 Å². The van der Waals surface area contributed by atoms with Crippen molar-refractivity contribution in [3.05, 3.63) is 18.8 Å². The van der Waals surface area contributed by atoms with Crippen molar-refractivity contribution in [1.29, 1.82) is 0 Å². The Balaban J connectivity index is 3.14. The summed E-state index contributed by atoms with van der Waals surface area (Å²) in [6, 6.07) is 1.86. The lowest BCUT2D eigenvalue weighted by Crippen LogP contribution is -2.17. The zero-order valence-electron chi connectivity index (χ0n) is 11.3. The average molecular weight is 490 g/mol. The molecule has 4 nitrogen and oxygen atoms in total. The highest BCUT2D eigenvalue weighted by molar-refractivity contribution is 14.1. The summed E-state index contributed by atoms with van der Waals surface area (Å²) in [4.78, 5) is 11.0. The molecule has 1 aromatic rings. The van der Waals surface area contributed by atoms with Gasteiger partial charge in [-0.05, 0) is 57.7 Å². The highest BCUT2D eigenvalue weighted by Crippen LogP contribution is 2.36. The quantitative estimate of drug-likeness (QED) is 0.469. The molecular formula is C13H16I2O4.